The fraction of sp³-hybridized carbons (Fsp3) is 0.577. The number of carbonyl (C=O) groups excluding carboxylic acids is 2. The predicted octanol–water partition coefficient (Wildman–Crippen LogP) is 5.53. The Kier molecular flexibility index (Phi) is 10.1. The summed E-state index contributed by atoms with van der Waals surface area (Å²) in [6.45, 7) is 10.9. The summed E-state index contributed by atoms with van der Waals surface area (Å²) >= 11 is 1.49. The maximum atomic E-state index is 13.1. The maximum Gasteiger partial charge on any atom is 0.411 e. The summed E-state index contributed by atoms with van der Waals surface area (Å²) in [6, 6.07) is 4.87. The quantitative estimate of drug-likeness (QED) is 0.363. The first-order valence-corrected chi connectivity index (χ1v) is 15.3. The Morgan fingerprint density at radius 2 is 1.68 bits per heavy atom. The second-order valence-corrected chi connectivity index (χ2v) is 12.7. The van der Waals surface area contributed by atoms with Crippen LogP contribution in [0.15, 0.2) is 23.1 Å². The molecule has 0 saturated heterocycles. The van der Waals surface area contributed by atoms with Gasteiger partial charge in [-0.3, -0.25) is 5.32 Å². The van der Waals surface area contributed by atoms with Gasteiger partial charge in [-0.15, -0.1) is 11.3 Å². The average molecular weight is 567 g/mol. The van der Waals surface area contributed by atoms with Crippen molar-refractivity contribution in [2.75, 3.05) is 11.9 Å². The van der Waals surface area contributed by atoms with Crippen molar-refractivity contribution in [3.8, 4) is 10.4 Å². The third-order valence-corrected chi connectivity index (χ3v) is 8.93. The molecule has 38 heavy (non-hydrogen) atoms. The minimum atomic E-state index is -3.85. The van der Waals surface area contributed by atoms with Crippen molar-refractivity contribution in [2.24, 2.45) is 0 Å². The average Bonchev–Trinajstić information content (AvgIpc) is 3.19. The lowest BCUT2D eigenvalue weighted by Crippen LogP contribution is -2.38. The Hall–Kier alpha value is -2.70. The highest BCUT2D eigenvalue weighted by atomic mass is 32.2. The van der Waals surface area contributed by atoms with Crippen molar-refractivity contribution in [3.05, 3.63) is 28.9 Å². The minimum absolute atomic E-state index is 0.0663. The highest BCUT2D eigenvalue weighted by Crippen LogP contribution is 2.41. The van der Waals surface area contributed by atoms with Crippen LogP contribution in [0.5, 0.6) is 0 Å². The molecule has 0 unspecified atom stereocenters. The van der Waals surface area contributed by atoms with Crippen molar-refractivity contribution in [3.63, 3.8) is 0 Å². The summed E-state index contributed by atoms with van der Waals surface area (Å²) < 4.78 is 39.1. The van der Waals surface area contributed by atoms with Gasteiger partial charge in [0, 0.05) is 29.8 Å². The number of alkyl carbamates (subject to hydrolysis) is 1. The molecule has 0 aliphatic heterocycles. The lowest BCUT2D eigenvalue weighted by atomic mass is 9.86. The molecular formula is C26H38N4O6S2. The number of ether oxygens (including phenoxy) is 2. The molecule has 2 amide bonds. The van der Waals surface area contributed by atoms with E-state index in [-0.39, 0.29) is 41.7 Å². The summed E-state index contributed by atoms with van der Waals surface area (Å²) in [6.07, 6.45) is 1.85. The molecule has 1 heterocycles. The van der Waals surface area contributed by atoms with Gasteiger partial charge in [-0.1, -0.05) is 13.0 Å². The van der Waals surface area contributed by atoms with Crippen LogP contribution < -0.4 is 15.4 Å². The largest absolute Gasteiger partial charge is 0.447 e. The van der Waals surface area contributed by atoms with E-state index in [0.29, 0.717) is 11.3 Å². The zero-order chi connectivity index (χ0) is 28.0. The molecule has 0 bridgehead atoms. The lowest BCUT2D eigenvalue weighted by molar-refractivity contribution is 0.109. The van der Waals surface area contributed by atoms with Crippen LogP contribution in [0.25, 0.3) is 10.4 Å². The smallest absolute Gasteiger partial charge is 0.411 e. The first-order valence-electron chi connectivity index (χ1n) is 13.0. The Labute approximate surface area is 229 Å². The Balaban J connectivity index is 1.83. The number of nitrogens with one attached hydrogen (secondary N) is 3. The van der Waals surface area contributed by atoms with Crippen molar-refractivity contribution in [2.45, 2.75) is 96.3 Å². The van der Waals surface area contributed by atoms with Crippen molar-refractivity contribution < 1.29 is 27.5 Å². The second kappa shape index (κ2) is 12.9. The maximum absolute atomic E-state index is 13.1. The summed E-state index contributed by atoms with van der Waals surface area (Å²) in [5.74, 6) is 0.229. The molecule has 3 rings (SSSR count). The molecule has 1 fully saturated rings. The van der Waals surface area contributed by atoms with Crippen LogP contribution in [-0.4, -0.2) is 50.4 Å². The first-order chi connectivity index (χ1) is 17.9. The van der Waals surface area contributed by atoms with Gasteiger partial charge in [0.25, 0.3) is 0 Å². The number of benzene rings is 1. The first kappa shape index (κ1) is 29.9. The third-order valence-electron chi connectivity index (χ3n) is 5.99. The van der Waals surface area contributed by atoms with Gasteiger partial charge in [0.15, 0.2) is 0 Å². The highest BCUT2D eigenvalue weighted by Gasteiger charge is 2.28. The van der Waals surface area contributed by atoms with Gasteiger partial charge < -0.3 is 14.8 Å². The number of anilines is 1. The Bertz CT molecular complexity index is 1230. The van der Waals surface area contributed by atoms with Gasteiger partial charge in [-0.2, -0.15) is 0 Å². The van der Waals surface area contributed by atoms with Gasteiger partial charge in [0.2, 0.25) is 10.0 Å². The van der Waals surface area contributed by atoms with E-state index in [2.05, 4.69) is 15.4 Å². The fourth-order valence-corrected chi connectivity index (χ4v) is 7.00. The molecular weight excluding hydrogens is 528 g/mol. The summed E-state index contributed by atoms with van der Waals surface area (Å²) in [7, 11) is -3.85. The standard InChI is InChI=1S/C26H38N4O6S2/c1-7-27-38(33,34)22-14-20(30-26(32)36-16(4)5)12-13-21(22)23-17(6)28-24(37-23)18-8-10-19(11-9-18)29-25(31)35-15(2)3/h12-16,18-19,27H,7-11H2,1-6H3,(H,29,31)(H,30,32). The Morgan fingerprint density at radius 1 is 1.05 bits per heavy atom. The number of thiazole rings is 1. The fourth-order valence-electron chi connectivity index (χ4n) is 4.38. The topological polar surface area (TPSA) is 136 Å². The normalized spacial score (nSPS) is 17.9. The van der Waals surface area contributed by atoms with E-state index in [1.807, 2.05) is 20.8 Å². The Morgan fingerprint density at radius 3 is 2.29 bits per heavy atom. The third kappa shape index (κ3) is 7.90. The van der Waals surface area contributed by atoms with Gasteiger partial charge in [-0.25, -0.2) is 27.7 Å². The molecule has 1 aliphatic carbocycles. The van der Waals surface area contributed by atoms with Gasteiger partial charge in [0.05, 0.1) is 32.7 Å². The number of amides is 2. The monoisotopic (exact) mass is 566 g/mol. The molecule has 210 valence electrons. The van der Waals surface area contributed by atoms with E-state index in [1.54, 1.807) is 32.9 Å². The molecule has 12 heteroatoms. The molecule has 1 aromatic carbocycles. The van der Waals surface area contributed by atoms with E-state index < -0.39 is 16.1 Å². The second-order valence-electron chi connectivity index (χ2n) is 9.90. The summed E-state index contributed by atoms with van der Waals surface area (Å²) in [4.78, 5) is 29.7. The van der Waals surface area contributed by atoms with Crippen LogP contribution in [0.3, 0.4) is 0 Å². The van der Waals surface area contributed by atoms with Crippen LogP contribution in [0.4, 0.5) is 15.3 Å². The summed E-state index contributed by atoms with van der Waals surface area (Å²) in [5, 5.41) is 6.49. The number of rotatable bonds is 9. The number of aromatic nitrogens is 1. The number of carbonyl (C=O) groups is 2. The van der Waals surface area contributed by atoms with Crippen molar-refractivity contribution in [1.29, 1.82) is 0 Å². The van der Waals surface area contributed by atoms with Crippen LogP contribution in [0, 0.1) is 6.92 Å². The molecule has 0 radical (unpaired) electrons. The van der Waals surface area contributed by atoms with Gasteiger partial charge >= 0.3 is 12.2 Å². The molecule has 0 spiro atoms. The number of hydrogen-bond acceptors (Lipinski definition) is 8. The van der Waals surface area contributed by atoms with Crippen LogP contribution in [0.2, 0.25) is 0 Å². The number of sulfonamides is 1. The molecule has 0 atom stereocenters. The molecule has 10 nitrogen and oxygen atoms in total. The predicted molar refractivity (Wildman–Crippen MR) is 148 cm³/mol. The van der Waals surface area contributed by atoms with Crippen molar-refractivity contribution >= 4 is 39.2 Å². The number of nitrogens with zero attached hydrogens (tertiary/aromatic N) is 1. The van der Waals surface area contributed by atoms with E-state index in [4.69, 9.17) is 14.5 Å². The molecule has 1 aromatic heterocycles. The highest BCUT2D eigenvalue weighted by molar-refractivity contribution is 7.89. The lowest BCUT2D eigenvalue weighted by Gasteiger charge is -2.28. The van der Waals surface area contributed by atoms with E-state index in [9.17, 15) is 18.0 Å². The molecule has 1 aliphatic rings. The van der Waals surface area contributed by atoms with E-state index >= 15 is 0 Å². The molecule has 2 aromatic rings. The van der Waals surface area contributed by atoms with Crippen LogP contribution in [-0.2, 0) is 19.5 Å². The zero-order valence-electron chi connectivity index (χ0n) is 22.8. The van der Waals surface area contributed by atoms with Crippen molar-refractivity contribution in [1.82, 2.24) is 15.0 Å². The van der Waals surface area contributed by atoms with Crippen LogP contribution >= 0.6 is 11.3 Å². The van der Waals surface area contributed by atoms with Gasteiger partial charge in [0.1, 0.15) is 0 Å². The zero-order valence-corrected chi connectivity index (χ0v) is 24.4. The van der Waals surface area contributed by atoms with E-state index in [1.165, 1.54) is 17.4 Å². The minimum Gasteiger partial charge on any atom is -0.447 e. The SMILES string of the molecule is CCNS(=O)(=O)c1cc(NC(=O)OC(C)C)ccc1-c1sc(C2CCC(NC(=O)OC(C)C)CC2)nc1C. The number of hydrogen-bond donors (Lipinski definition) is 3. The van der Waals surface area contributed by atoms with Crippen LogP contribution in [0.1, 0.15) is 76.9 Å². The number of aryl methyl sites for hydroxylation is 1. The van der Waals surface area contributed by atoms with E-state index in [0.717, 1.165) is 41.3 Å². The summed E-state index contributed by atoms with van der Waals surface area (Å²) in [5.41, 5.74) is 1.60. The molecule has 3 N–H and O–H groups in total. The molecule has 1 saturated carbocycles. The van der Waals surface area contributed by atoms with Gasteiger partial charge in [-0.05, 0) is 72.4 Å².